The second-order valence-corrected chi connectivity index (χ2v) is 4.22. The van der Waals surface area contributed by atoms with Crippen molar-refractivity contribution in [3.63, 3.8) is 0 Å². The summed E-state index contributed by atoms with van der Waals surface area (Å²) in [5.41, 5.74) is 6.96. The van der Waals surface area contributed by atoms with Crippen LogP contribution in [0, 0.1) is 6.92 Å². The Kier molecular flexibility index (Phi) is 4.85. The van der Waals surface area contributed by atoms with E-state index >= 15 is 0 Å². The second kappa shape index (κ2) is 6.16. The van der Waals surface area contributed by atoms with Crippen LogP contribution in [-0.2, 0) is 4.79 Å². The van der Waals surface area contributed by atoms with Gasteiger partial charge < -0.3 is 16.2 Å². The third-order valence-corrected chi connectivity index (χ3v) is 2.67. The van der Waals surface area contributed by atoms with Gasteiger partial charge in [-0.3, -0.25) is 4.79 Å². The number of amides is 1. The Morgan fingerprint density at radius 2 is 2.11 bits per heavy atom. The number of nitrogens with two attached hydrogens (primary N) is 1. The molecular formula is C13H18N2O3. The lowest BCUT2D eigenvalue weighted by Crippen LogP contribution is -2.35. The Bertz CT molecular complexity index is 458. The fourth-order valence-corrected chi connectivity index (χ4v) is 1.61. The van der Waals surface area contributed by atoms with Gasteiger partial charge in [-0.15, -0.1) is 0 Å². The maximum Gasteiger partial charge on any atom is 0.336 e. The smallest absolute Gasteiger partial charge is 0.336 e. The van der Waals surface area contributed by atoms with Crippen LogP contribution in [-0.4, -0.2) is 23.0 Å². The fourth-order valence-electron chi connectivity index (χ4n) is 1.61. The molecule has 0 heterocycles. The first kappa shape index (κ1) is 14.2. The number of aromatic carboxylic acids is 1. The van der Waals surface area contributed by atoms with Crippen LogP contribution in [0.2, 0.25) is 0 Å². The van der Waals surface area contributed by atoms with E-state index in [4.69, 9.17) is 10.8 Å². The third-order valence-electron chi connectivity index (χ3n) is 2.67. The highest BCUT2D eigenvalue weighted by atomic mass is 16.4. The molecule has 18 heavy (non-hydrogen) atoms. The Morgan fingerprint density at radius 3 is 2.67 bits per heavy atom. The number of anilines is 1. The van der Waals surface area contributed by atoms with E-state index in [-0.39, 0.29) is 11.5 Å². The second-order valence-electron chi connectivity index (χ2n) is 4.22. The van der Waals surface area contributed by atoms with E-state index in [1.54, 1.807) is 19.1 Å². The summed E-state index contributed by atoms with van der Waals surface area (Å²) in [5, 5.41) is 11.6. The highest BCUT2D eigenvalue weighted by Gasteiger charge is 2.14. The van der Waals surface area contributed by atoms with Crippen molar-refractivity contribution in [3.8, 4) is 0 Å². The van der Waals surface area contributed by atoms with E-state index in [1.807, 2.05) is 6.92 Å². The van der Waals surface area contributed by atoms with Gasteiger partial charge in [-0.2, -0.15) is 0 Å². The molecule has 1 amide bonds. The summed E-state index contributed by atoms with van der Waals surface area (Å²) in [7, 11) is 0. The van der Waals surface area contributed by atoms with Crippen LogP contribution in [0.25, 0.3) is 0 Å². The van der Waals surface area contributed by atoms with E-state index < -0.39 is 12.0 Å². The summed E-state index contributed by atoms with van der Waals surface area (Å²) in [6.45, 7) is 3.65. The van der Waals surface area contributed by atoms with Gasteiger partial charge in [-0.05, 0) is 31.0 Å². The SMILES string of the molecule is CCC[C@@H](N)C(=O)Nc1ccc(C)c(C(=O)O)c1. The first-order chi connectivity index (χ1) is 8.45. The summed E-state index contributed by atoms with van der Waals surface area (Å²) in [5.74, 6) is -1.31. The number of rotatable bonds is 5. The molecule has 4 N–H and O–H groups in total. The number of hydrogen-bond donors (Lipinski definition) is 3. The zero-order chi connectivity index (χ0) is 13.7. The number of aryl methyl sites for hydroxylation is 1. The van der Waals surface area contributed by atoms with Crippen LogP contribution in [0.1, 0.15) is 35.7 Å². The minimum Gasteiger partial charge on any atom is -0.478 e. The first-order valence-corrected chi connectivity index (χ1v) is 5.86. The molecule has 5 nitrogen and oxygen atoms in total. The maximum absolute atomic E-state index is 11.7. The van der Waals surface area contributed by atoms with Crippen molar-refractivity contribution in [1.29, 1.82) is 0 Å². The summed E-state index contributed by atoms with van der Waals surface area (Å²) >= 11 is 0. The molecule has 0 saturated carbocycles. The lowest BCUT2D eigenvalue weighted by atomic mass is 10.1. The molecule has 0 unspecified atom stereocenters. The molecule has 0 aliphatic rings. The Hall–Kier alpha value is -1.88. The Morgan fingerprint density at radius 1 is 1.44 bits per heavy atom. The van der Waals surface area contributed by atoms with Crippen LogP contribution < -0.4 is 11.1 Å². The average Bonchev–Trinajstić information content (AvgIpc) is 2.31. The number of carbonyl (C=O) groups is 2. The molecule has 0 aromatic heterocycles. The summed E-state index contributed by atoms with van der Waals surface area (Å²) in [4.78, 5) is 22.6. The van der Waals surface area contributed by atoms with E-state index in [2.05, 4.69) is 5.32 Å². The number of benzene rings is 1. The number of nitrogens with one attached hydrogen (secondary N) is 1. The van der Waals surface area contributed by atoms with E-state index in [0.717, 1.165) is 6.42 Å². The lowest BCUT2D eigenvalue weighted by Gasteiger charge is -2.12. The minimum atomic E-state index is -1.01. The van der Waals surface area contributed by atoms with Crippen LogP contribution in [0.15, 0.2) is 18.2 Å². The molecule has 1 rings (SSSR count). The molecule has 5 heteroatoms. The standard InChI is InChI=1S/C13H18N2O3/c1-3-4-11(14)12(16)15-9-6-5-8(2)10(7-9)13(17)18/h5-7,11H,3-4,14H2,1-2H3,(H,15,16)(H,17,18)/t11-/m1/s1. The normalized spacial score (nSPS) is 11.9. The summed E-state index contributed by atoms with van der Waals surface area (Å²) < 4.78 is 0. The predicted octanol–water partition coefficient (Wildman–Crippen LogP) is 1.76. The van der Waals surface area contributed by atoms with Crippen LogP contribution in [0.3, 0.4) is 0 Å². The molecule has 0 aliphatic carbocycles. The fraction of sp³-hybridized carbons (Fsp3) is 0.385. The maximum atomic E-state index is 11.7. The lowest BCUT2D eigenvalue weighted by molar-refractivity contribution is -0.117. The van der Waals surface area contributed by atoms with E-state index in [0.29, 0.717) is 17.7 Å². The van der Waals surface area contributed by atoms with Crippen LogP contribution >= 0.6 is 0 Å². The third kappa shape index (κ3) is 3.56. The largest absolute Gasteiger partial charge is 0.478 e. The number of carboxylic acid groups (broad SMARTS) is 1. The summed E-state index contributed by atoms with van der Waals surface area (Å²) in [6.07, 6.45) is 1.42. The van der Waals surface area contributed by atoms with Gasteiger partial charge >= 0.3 is 5.97 Å². The van der Waals surface area contributed by atoms with Crippen molar-refractivity contribution in [2.24, 2.45) is 5.73 Å². The Labute approximate surface area is 106 Å². The van der Waals surface area contributed by atoms with E-state index in [1.165, 1.54) is 6.07 Å². The number of carboxylic acids is 1. The van der Waals surface area contributed by atoms with Gasteiger partial charge in [0.05, 0.1) is 11.6 Å². The molecule has 0 fully saturated rings. The van der Waals surface area contributed by atoms with Gasteiger partial charge in [0.15, 0.2) is 0 Å². The highest BCUT2D eigenvalue weighted by Crippen LogP contribution is 2.15. The molecular weight excluding hydrogens is 232 g/mol. The quantitative estimate of drug-likeness (QED) is 0.742. The van der Waals surface area contributed by atoms with Crippen molar-refractivity contribution in [2.75, 3.05) is 5.32 Å². The van der Waals surface area contributed by atoms with Crippen molar-refractivity contribution in [1.82, 2.24) is 0 Å². The van der Waals surface area contributed by atoms with Gasteiger partial charge in [-0.25, -0.2) is 4.79 Å². The number of carbonyl (C=O) groups excluding carboxylic acids is 1. The molecule has 1 aromatic rings. The zero-order valence-corrected chi connectivity index (χ0v) is 10.6. The molecule has 0 aliphatic heterocycles. The van der Waals surface area contributed by atoms with Crippen molar-refractivity contribution in [3.05, 3.63) is 29.3 Å². The summed E-state index contributed by atoms with van der Waals surface area (Å²) in [6, 6.07) is 4.20. The molecule has 1 atom stereocenters. The Balaban J connectivity index is 2.82. The number of hydrogen-bond acceptors (Lipinski definition) is 3. The minimum absolute atomic E-state index is 0.178. The van der Waals surface area contributed by atoms with Crippen molar-refractivity contribution in [2.45, 2.75) is 32.7 Å². The molecule has 0 radical (unpaired) electrons. The van der Waals surface area contributed by atoms with Gasteiger partial charge in [0.2, 0.25) is 5.91 Å². The molecule has 1 aromatic carbocycles. The van der Waals surface area contributed by atoms with Crippen molar-refractivity contribution < 1.29 is 14.7 Å². The van der Waals surface area contributed by atoms with Crippen LogP contribution in [0.5, 0.6) is 0 Å². The van der Waals surface area contributed by atoms with E-state index in [9.17, 15) is 9.59 Å². The van der Waals surface area contributed by atoms with Gasteiger partial charge in [0.25, 0.3) is 0 Å². The first-order valence-electron chi connectivity index (χ1n) is 5.86. The molecule has 98 valence electrons. The molecule has 0 bridgehead atoms. The monoisotopic (exact) mass is 250 g/mol. The average molecular weight is 250 g/mol. The predicted molar refractivity (Wildman–Crippen MR) is 69.7 cm³/mol. The molecule has 0 saturated heterocycles. The zero-order valence-electron chi connectivity index (χ0n) is 10.6. The van der Waals surface area contributed by atoms with Crippen LogP contribution in [0.4, 0.5) is 5.69 Å². The van der Waals surface area contributed by atoms with Crippen molar-refractivity contribution >= 4 is 17.6 Å². The molecule has 0 spiro atoms. The topological polar surface area (TPSA) is 92.4 Å². The van der Waals surface area contributed by atoms with Gasteiger partial charge in [-0.1, -0.05) is 19.4 Å². The van der Waals surface area contributed by atoms with Gasteiger partial charge in [0.1, 0.15) is 0 Å². The van der Waals surface area contributed by atoms with Gasteiger partial charge in [0, 0.05) is 5.69 Å². The highest BCUT2D eigenvalue weighted by molar-refractivity contribution is 5.97.